The Morgan fingerprint density at radius 2 is 0.902 bits per heavy atom. The van der Waals surface area contributed by atoms with Crippen LogP contribution in [0.3, 0.4) is 0 Å². The van der Waals surface area contributed by atoms with Gasteiger partial charge in [-0.1, -0.05) is 6.08 Å². The Morgan fingerprint density at radius 1 is 0.537 bits per heavy atom. The highest BCUT2D eigenvalue weighted by Gasteiger charge is 2.77. The van der Waals surface area contributed by atoms with Crippen molar-refractivity contribution in [2.75, 3.05) is 19.8 Å². The normalized spacial score (nSPS) is 17.4. The van der Waals surface area contributed by atoms with E-state index in [9.17, 15) is 87.8 Å². The topological polar surface area (TPSA) is 46.2 Å². The summed E-state index contributed by atoms with van der Waals surface area (Å²) in [6.07, 6.45) is -53.6. The maximum atomic E-state index is 13.7. The van der Waals surface area contributed by atoms with E-state index in [0.29, 0.717) is 0 Å². The maximum absolute atomic E-state index is 13.7. The molecule has 0 rings (SSSR count). The third-order valence-electron chi connectivity index (χ3n) is 3.80. The highest BCUT2D eigenvalue weighted by Crippen LogP contribution is 2.50. The Bertz CT molecular complexity index is 840. The molecule has 0 amide bonds. The van der Waals surface area contributed by atoms with E-state index < -0.39 is 87.3 Å². The molecule has 5 nitrogen and oxygen atoms in total. The molecule has 0 aromatic carbocycles. The molecule has 0 spiro atoms. The predicted octanol–water partition coefficient (Wildman–Crippen LogP) is 6.98. The number of hydrogen-bond acceptors (Lipinski definition) is 5. The van der Waals surface area contributed by atoms with Crippen LogP contribution in [0.4, 0.5) is 87.8 Å². The summed E-state index contributed by atoms with van der Waals surface area (Å²) < 4.78 is 271. The van der Waals surface area contributed by atoms with Gasteiger partial charge in [-0.05, 0) is 0 Å². The molecule has 41 heavy (non-hydrogen) atoms. The Morgan fingerprint density at radius 3 is 1.24 bits per heavy atom. The van der Waals surface area contributed by atoms with Crippen LogP contribution in [0.25, 0.3) is 0 Å². The first-order valence-corrected chi connectivity index (χ1v) is 9.44. The van der Waals surface area contributed by atoms with Gasteiger partial charge in [-0.25, -0.2) is 8.78 Å². The fraction of sp³-hybridized carbons (Fsp3) is 0.875. The molecule has 0 aromatic rings. The zero-order valence-electron chi connectivity index (χ0n) is 18.7. The first-order chi connectivity index (χ1) is 17.9. The van der Waals surface area contributed by atoms with Crippen molar-refractivity contribution in [2.24, 2.45) is 0 Å². The molecule has 0 saturated carbocycles. The van der Waals surface area contributed by atoms with Gasteiger partial charge in [0, 0.05) is 0 Å². The lowest BCUT2D eigenvalue weighted by Crippen LogP contribution is -2.56. The Kier molecular flexibility index (Phi) is 12.2. The number of ether oxygens (including phenoxy) is 5. The molecule has 3 atom stereocenters. The van der Waals surface area contributed by atoms with Crippen LogP contribution in [0, 0.1) is 0 Å². The standard InChI is InChI=1S/C16H12F20O5/c1-2-3-37-4-6(39-10(21,22)8(18)41-16(35,36)12(25,26)14(30,31)32)5-38-9(19,20)7(17)40-15(33,34)11(23,24)13(27,28)29/h2,6-8H,1,3-5H2. The van der Waals surface area contributed by atoms with Crippen LogP contribution in [0.1, 0.15) is 0 Å². The Labute approximate surface area is 212 Å². The fourth-order valence-electron chi connectivity index (χ4n) is 1.82. The van der Waals surface area contributed by atoms with Crippen LogP contribution in [-0.2, 0) is 23.7 Å². The Balaban J connectivity index is 5.75. The van der Waals surface area contributed by atoms with Crippen LogP contribution in [-0.4, -0.2) is 87.3 Å². The van der Waals surface area contributed by atoms with Gasteiger partial charge in [0.15, 0.2) is 0 Å². The van der Waals surface area contributed by atoms with E-state index in [1.807, 2.05) is 0 Å². The summed E-state index contributed by atoms with van der Waals surface area (Å²) >= 11 is 0. The van der Waals surface area contributed by atoms with E-state index in [0.717, 1.165) is 6.08 Å². The fourth-order valence-corrected chi connectivity index (χ4v) is 1.82. The minimum Gasteiger partial charge on any atom is -0.375 e. The minimum atomic E-state index is -7.31. The summed E-state index contributed by atoms with van der Waals surface area (Å²) in [5, 5.41) is 0. The summed E-state index contributed by atoms with van der Waals surface area (Å²) in [5.74, 6) is -14.6. The van der Waals surface area contributed by atoms with E-state index >= 15 is 0 Å². The number of rotatable bonds is 17. The van der Waals surface area contributed by atoms with Gasteiger partial charge in [0.2, 0.25) is 0 Å². The van der Waals surface area contributed by atoms with Crippen LogP contribution >= 0.6 is 0 Å². The van der Waals surface area contributed by atoms with Crippen LogP contribution in [0.5, 0.6) is 0 Å². The molecule has 0 radical (unpaired) electrons. The Hall–Kier alpha value is -1.86. The van der Waals surface area contributed by atoms with Crippen molar-refractivity contribution in [3.8, 4) is 0 Å². The van der Waals surface area contributed by atoms with Gasteiger partial charge in [0.1, 0.15) is 6.10 Å². The highest BCUT2D eigenvalue weighted by atomic mass is 19.4. The molecule has 0 heterocycles. The van der Waals surface area contributed by atoms with E-state index in [-0.39, 0.29) is 0 Å². The summed E-state index contributed by atoms with van der Waals surface area (Å²) in [6.45, 7) is -1.90. The van der Waals surface area contributed by atoms with Crippen molar-refractivity contribution in [1.82, 2.24) is 0 Å². The van der Waals surface area contributed by atoms with Gasteiger partial charge < -0.3 is 14.2 Å². The van der Waals surface area contributed by atoms with Gasteiger partial charge in [0.25, 0.3) is 12.7 Å². The first-order valence-electron chi connectivity index (χ1n) is 9.44. The zero-order valence-corrected chi connectivity index (χ0v) is 18.7. The molecule has 0 fully saturated rings. The highest BCUT2D eigenvalue weighted by molar-refractivity contribution is 4.87. The molecule has 0 bridgehead atoms. The van der Waals surface area contributed by atoms with Crippen molar-refractivity contribution in [1.29, 1.82) is 0 Å². The molecule has 0 aliphatic rings. The quantitative estimate of drug-likeness (QED) is 0.0955. The van der Waals surface area contributed by atoms with Crippen molar-refractivity contribution in [3.05, 3.63) is 12.7 Å². The summed E-state index contributed by atoms with van der Waals surface area (Å²) in [7, 11) is 0. The molecule has 0 aliphatic carbocycles. The van der Waals surface area contributed by atoms with Crippen molar-refractivity contribution in [3.63, 3.8) is 0 Å². The average Bonchev–Trinajstić information content (AvgIpc) is 2.74. The predicted molar refractivity (Wildman–Crippen MR) is 85.6 cm³/mol. The lowest BCUT2D eigenvalue weighted by Gasteiger charge is -2.32. The third-order valence-corrected chi connectivity index (χ3v) is 3.80. The van der Waals surface area contributed by atoms with Crippen LogP contribution in [0.2, 0.25) is 0 Å². The van der Waals surface area contributed by atoms with E-state index in [1.54, 1.807) is 0 Å². The molecule has 0 aromatic heterocycles. The lowest BCUT2D eigenvalue weighted by molar-refractivity contribution is -0.472. The van der Waals surface area contributed by atoms with Gasteiger partial charge >= 0.3 is 48.6 Å². The number of hydrogen-bond donors (Lipinski definition) is 0. The van der Waals surface area contributed by atoms with Crippen LogP contribution in [0.15, 0.2) is 12.7 Å². The monoisotopic (exact) mass is 664 g/mol. The largest absolute Gasteiger partial charge is 0.462 e. The number of alkyl halides is 20. The average molecular weight is 664 g/mol. The van der Waals surface area contributed by atoms with Crippen molar-refractivity contribution < 1.29 is 111 Å². The third kappa shape index (κ3) is 9.57. The van der Waals surface area contributed by atoms with Gasteiger partial charge in [0.05, 0.1) is 19.8 Å². The second-order valence-corrected chi connectivity index (χ2v) is 7.05. The molecule has 0 aliphatic heterocycles. The number of halogens is 20. The van der Waals surface area contributed by atoms with Gasteiger partial charge in [-0.2, -0.15) is 79.0 Å². The molecular weight excluding hydrogens is 652 g/mol. The zero-order chi connectivity index (χ0) is 33.1. The van der Waals surface area contributed by atoms with Gasteiger partial charge in [-0.15, -0.1) is 6.58 Å². The SMILES string of the molecule is C=CCOCC(COC(F)(F)C(F)OC(F)(F)C(F)(F)C(F)(F)F)OC(F)(F)C(F)OC(F)(F)C(F)(F)C(F)(F)F. The lowest BCUT2D eigenvalue weighted by atomic mass is 10.3. The molecule has 0 N–H and O–H groups in total. The van der Waals surface area contributed by atoms with Gasteiger partial charge in [-0.3, -0.25) is 9.47 Å². The van der Waals surface area contributed by atoms with E-state index in [4.69, 9.17) is 0 Å². The molecule has 0 saturated heterocycles. The second-order valence-electron chi connectivity index (χ2n) is 7.05. The summed E-state index contributed by atoms with van der Waals surface area (Å²) in [5.41, 5.74) is 0. The second kappa shape index (κ2) is 12.8. The van der Waals surface area contributed by atoms with Crippen molar-refractivity contribution >= 4 is 0 Å². The smallest absolute Gasteiger partial charge is 0.375 e. The minimum absolute atomic E-state index is 0.750. The maximum Gasteiger partial charge on any atom is 0.462 e. The molecule has 25 heteroatoms. The molecule has 246 valence electrons. The summed E-state index contributed by atoms with van der Waals surface area (Å²) in [4.78, 5) is 0. The molecule has 3 unspecified atom stereocenters. The van der Waals surface area contributed by atoms with Crippen LogP contribution < -0.4 is 0 Å². The van der Waals surface area contributed by atoms with E-state index in [1.165, 1.54) is 0 Å². The molecular formula is C16H12F20O5. The van der Waals surface area contributed by atoms with Crippen molar-refractivity contribution in [2.45, 2.75) is 67.5 Å². The first kappa shape index (κ1) is 39.1. The van der Waals surface area contributed by atoms with E-state index in [2.05, 4.69) is 30.3 Å². The summed E-state index contributed by atoms with van der Waals surface area (Å²) in [6, 6.07) is 0.